The summed E-state index contributed by atoms with van der Waals surface area (Å²) in [5.41, 5.74) is 3.68. The summed E-state index contributed by atoms with van der Waals surface area (Å²) in [4.78, 5) is 9.56. The molecular weight excluding hydrogens is 319 g/mol. The van der Waals surface area contributed by atoms with Gasteiger partial charge < -0.3 is 0 Å². The third kappa shape index (κ3) is 2.99. The molecule has 0 aliphatic carbocycles. The van der Waals surface area contributed by atoms with Crippen molar-refractivity contribution < 1.29 is 4.39 Å². The van der Waals surface area contributed by atoms with Crippen LogP contribution in [0.2, 0.25) is 0 Å². The van der Waals surface area contributed by atoms with Crippen LogP contribution in [0.25, 0.3) is 28.3 Å². The number of halogens is 1. The van der Waals surface area contributed by atoms with Crippen LogP contribution in [0.15, 0.2) is 61.1 Å². The SMILES string of the molecule is Cc1cnccc1-c1cc(F)cc(-n2nnc(-c3ccccn3)n2)c1. The molecule has 0 aliphatic rings. The molecule has 0 atom stereocenters. The van der Waals surface area contributed by atoms with Gasteiger partial charge in [-0.05, 0) is 59.2 Å². The van der Waals surface area contributed by atoms with E-state index in [2.05, 4.69) is 25.4 Å². The lowest BCUT2D eigenvalue weighted by Gasteiger charge is -2.07. The molecule has 25 heavy (non-hydrogen) atoms. The van der Waals surface area contributed by atoms with Crippen LogP contribution in [-0.2, 0) is 0 Å². The van der Waals surface area contributed by atoms with Crippen LogP contribution in [0, 0.1) is 12.7 Å². The molecule has 4 rings (SSSR count). The van der Waals surface area contributed by atoms with E-state index in [0.717, 1.165) is 16.7 Å². The van der Waals surface area contributed by atoms with Crippen molar-refractivity contribution in [3.63, 3.8) is 0 Å². The molecule has 0 saturated carbocycles. The van der Waals surface area contributed by atoms with Crippen molar-refractivity contribution in [2.24, 2.45) is 0 Å². The Hall–Kier alpha value is -3.48. The van der Waals surface area contributed by atoms with Crippen LogP contribution in [0.5, 0.6) is 0 Å². The molecule has 4 aromatic rings. The number of rotatable bonds is 3. The molecule has 0 saturated heterocycles. The van der Waals surface area contributed by atoms with Crippen LogP contribution in [0.3, 0.4) is 0 Å². The second-order valence-electron chi connectivity index (χ2n) is 5.51. The molecule has 1 aromatic carbocycles. The van der Waals surface area contributed by atoms with Gasteiger partial charge in [0.2, 0.25) is 5.82 Å². The lowest BCUT2D eigenvalue weighted by atomic mass is 10.0. The van der Waals surface area contributed by atoms with Crippen LogP contribution in [0.4, 0.5) is 4.39 Å². The first kappa shape index (κ1) is 15.1. The van der Waals surface area contributed by atoms with Crippen molar-refractivity contribution in [1.82, 2.24) is 30.2 Å². The van der Waals surface area contributed by atoms with Gasteiger partial charge in [0, 0.05) is 24.7 Å². The van der Waals surface area contributed by atoms with Crippen molar-refractivity contribution in [2.45, 2.75) is 6.92 Å². The predicted molar refractivity (Wildman–Crippen MR) is 90.3 cm³/mol. The first-order valence-corrected chi connectivity index (χ1v) is 7.64. The Morgan fingerprint density at radius 2 is 1.96 bits per heavy atom. The van der Waals surface area contributed by atoms with Crippen LogP contribution < -0.4 is 0 Å². The monoisotopic (exact) mass is 332 g/mol. The molecule has 0 spiro atoms. The number of aryl methyl sites for hydroxylation is 1. The zero-order valence-electron chi connectivity index (χ0n) is 13.3. The van der Waals surface area contributed by atoms with Gasteiger partial charge in [0.1, 0.15) is 11.5 Å². The van der Waals surface area contributed by atoms with Gasteiger partial charge >= 0.3 is 0 Å². The summed E-state index contributed by atoms with van der Waals surface area (Å²) >= 11 is 0. The maximum atomic E-state index is 14.1. The summed E-state index contributed by atoms with van der Waals surface area (Å²) in [5.74, 6) is 0.00639. The molecule has 0 unspecified atom stereocenters. The van der Waals surface area contributed by atoms with E-state index in [9.17, 15) is 4.39 Å². The van der Waals surface area contributed by atoms with E-state index in [1.165, 1.54) is 16.9 Å². The summed E-state index contributed by atoms with van der Waals surface area (Å²) < 4.78 is 14.1. The smallest absolute Gasteiger partial charge is 0.223 e. The van der Waals surface area contributed by atoms with E-state index in [4.69, 9.17) is 0 Å². The van der Waals surface area contributed by atoms with E-state index >= 15 is 0 Å². The number of nitrogens with zero attached hydrogens (tertiary/aromatic N) is 6. The van der Waals surface area contributed by atoms with E-state index in [0.29, 0.717) is 17.2 Å². The van der Waals surface area contributed by atoms with Crippen LogP contribution >= 0.6 is 0 Å². The third-order valence-electron chi connectivity index (χ3n) is 3.75. The zero-order valence-corrected chi connectivity index (χ0v) is 13.3. The lowest BCUT2D eigenvalue weighted by molar-refractivity contribution is 0.621. The predicted octanol–water partition coefficient (Wildman–Crippen LogP) is 3.23. The van der Waals surface area contributed by atoms with Crippen molar-refractivity contribution in [3.8, 4) is 28.3 Å². The first-order valence-electron chi connectivity index (χ1n) is 7.64. The highest BCUT2D eigenvalue weighted by Crippen LogP contribution is 2.25. The molecular formula is C18H13FN6. The van der Waals surface area contributed by atoms with Gasteiger partial charge in [0.15, 0.2) is 0 Å². The summed E-state index contributed by atoms with van der Waals surface area (Å²) in [6.45, 7) is 1.93. The Bertz CT molecular complexity index is 1030. The molecule has 3 heterocycles. The number of hydrogen-bond acceptors (Lipinski definition) is 5. The van der Waals surface area contributed by atoms with Gasteiger partial charge in [-0.3, -0.25) is 9.97 Å². The molecule has 0 aliphatic heterocycles. The normalized spacial score (nSPS) is 10.8. The quantitative estimate of drug-likeness (QED) is 0.576. The summed E-state index contributed by atoms with van der Waals surface area (Å²) in [5, 5.41) is 12.3. The Kier molecular flexibility index (Phi) is 3.74. The fourth-order valence-electron chi connectivity index (χ4n) is 2.56. The topological polar surface area (TPSA) is 69.4 Å². The Morgan fingerprint density at radius 3 is 2.76 bits per heavy atom. The zero-order chi connectivity index (χ0) is 17.2. The Morgan fingerprint density at radius 1 is 1.04 bits per heavy atom. The second kappa shape index (κ2) is 6.20. The molecule has 6 nitrogen and oxygen atoms in total. The lowest BCUT2D eigenvalue weighted by Crippen LogP contribution is -2.01. The number of aromatic nitrogens is 6. The van der Waals surface area contributed by atoms with E-state index in [-0.39, 0.29) is 5.82 Å². The molecule has 0 N–H and O–H groups in total. The summed E-state index contributed by atoms with van der Waals surface area (Å²) in [7, 11) is 0. The van der Waals surface area contributed by atoms with Crippen molar-refractivity contribution in [1.29, 1.82) is 0 Å². The van der Waals surface area contributed by atoms with Gasteiger partial charge in [0.25, 0.3) is 0 Å². The minimum absolute atomic E-state index is 0.375. The van der Waals surface area contributed by atoms with E-state index < -0.39 is 0 Å². The maximum Gasteiger partial charge on any atom is 0.223 e. The Balaban J connectivity index is 1.77. The minimum Gasteiger partial charge on any atom is -0.264 e. The van der Waals surface area contributed by atoms with Crippen molar-refractivity contribution in [3.05, 3.63) is 72.4 Å². The molecule has 0 amide bonds. The fraction of sp³-hybridized carbons (Fsp3) is 0.0556. The highest BCUT2D eigenvalue weighted by atomic mass is 19.1. The first-order chi connectivity index (χ1) is 12.2. The van der Waals surface area contributed by atoms with Gasteiger partial charge in [-0.2, -0.15) is 0 Å². The average Bonchev–Trinajstić information content (AvgIpc) is 3.12. The number of hydrogen-bond donors (Lipinski definition) is 0. The van der Waals surface area contributed by atoms with Gasteiger partial charge in [-0.1, -0.05) is 6.07 Å². The molecule has 0 radical (unpaired) electrons. The summed E-state index contributed by atoms with van der Waals surface area (Å²) in [6.07, 6.45) is 5.08. The molecule has 0 bridgehead atoms. The standard InChI is InChI=1S/C18H13FN6/c1-12-11-20-7-5-16(12)13-8-14(19)10-15(9-13)25-23-18(22-24-25)17-4-2-3-6-21-17/h2-11H,1H3. The fourth-order valence-corrected chi connectivity index (χ4v) is 2.56. The van der Waals surface area contributed by atoms with E-state index in [1.807, 2.05) is 31.2 Å². The van der Waals surface area contributed by atoms with Crippen LogP contribution in [0.1, 0.15) is 5.56 Å². The average molecular weight is 332 g/mol. The van der Waals surface area contributed by atoms with Crippen molar-refractivity contribution in [2.75, 3.05) is 0 Å². The highest BCUT2D eigenvalue weighted by molar-refractivity contribution is 5.68. The number of tetrazole rings is 1. The van der Waals surface area contributed by atoms with Gasteiger partial charge in [-0.25, -0.2) is 4.39 Å². The molecule has 0 fully saturated rings. The van der Waals surface area contributed by atoms with Crippen LogP contribution in [-0.4, -0.2) is 30.2 Å². The van der Waals surface area contributed by atoms with E-state index in [1.54, 1.807) is 24.7 Å². The van der Waals surface area contributed by atoms with Gasteiger partial charge in [0.05, 0.1) is 5.69 Å². The number of benzene rings is 1. The molecule has 3 aromatic heterocycles. The Labute approximate surface area is 143 Å². The molecule has 7 heteroatoms. The summed E-state index contributed by atoms with van der Waals surface area (Å²) in [6, 6.07) is 11.9. The highest BCUT2D eigenvalue weighted by Gasteiger charge is 2.11. The van der Waals surface area contributed by atoms with Gasteiger partial charge in [-0.15, -0.1) is 15.0 Å². The molecule has 122 valence electrons. The third-order valence-corrected chi connectivity index (χ3v) is 3.75. The number of pyridine rings is 2. The maximum absolute atomic E-state index is 14.1. The minimum atomic E-state index is -0.375. The largest absolute Gasteiger partial charge is 0.264 e. The van der Waals surface area contributed by atoms with Crippen molar-refractivity contribution >= 4 is 0 Å². The second-order valence-corrected chi connectivity index (χ2v) is 5.51.